The second-order valence-electron chi connectivity index (χ2n) is 5.66. The maximum absolute atomic E-state index is 6.11. The monoisotopic (exact) mass is 275 g/mol. The Kier molecular flexibility index (Phi) is 4.53. The van der Waals surface area contributed by atoms with Gasteiger partial charge < -0.3 is 15.4 Å². The minimum atomic E-state index is -0.00611. The zero-order valence-corrected chi connectivity index (χ0v) is 12.7. The van der Waals surface area contributed by atoms with Gasteiger partial charge in [0, 0.05) is 5.69 Å². The van der Waals surface area contributed by atoms with Crippen molar-refractivity contribution in [2.45, 2.75) is 45.1 Å². The first-order valence-corrected chi connectivity index (χ1v) is 7.35. The highest BCUT2D eigenvalue weighted by molar-refractivity contribution is 5.98. The molecule has 1 aromatic carbocycles. The van der Waals surface area contributed by atoms with Gasteiger partial charge in [0.1, 0.15) is 5.75 Å². The second kappa shape index (κ2) is 6.16. The number of guanidine groups is 1. The largest absolute Gasteiger partial charge is 0.497 e. The molecule has 4 nitrogen and oxygen atoms in total. The number of ether oxygens (including phenoxy) is 1. The van der Waals surface area contributed by atoms with Crippen molar-refractivity contribution >= 4 is 11.6 Å². The first kappa shape index (κ1) is 14.7. The van der Waals surface area contributed by atoms with E-state index >= 15 is 0 Å². The van der Waals surface area contributed by atoms with E-state index in [0.717, 1.165) is 24.4 Å². The molecule has 4 heteroatoms. The van der Waals surface area contributed by atoms with Crippen LogP contribution in [0.3, 0.4) is 0 Å². The minimum Gasteiger partial charge on any atom is -0.497 e. The lowest BCUT2D eigenvalue weighted by molar-refractivity contribution is 0.414. The fourth-order valence-corrected chi connectivity index (χ4v) is 2.79. The van der Waals surface area contributed by atoms with Crippen molar-refractivity contribution in [3.63, 3.8) is 0 Å². The Labute approximate surface area is 121 Å². The van der Waals surface area contributed by atoms with Gasteiger partial charge in [-0.15, -0.1) is 0 Å². The minimum absolute atomic E-state index is 0.00611. The summed E-state index contributed by atoms with van der Waals surface area (Å²) in [6.45, 7) is 5.24. The smallest absolute Gasteiger partial charge is 0.196 e. The van der Waals surface area contributed by atoms with Crippen molar-refractivity contribution in [3.05, 3.63) is 24.3 Å². The zero-order chi connectivity index (χ0) is 14.6. The Hall–Kier alpha value is -1.71. The maximum atomic E-state index is 6.11. The molecule has 0 aromatic heterocycles. The summed E-state index contributed by atoms with van der Waals surface area (Å²) < 4.78 is 5.21. The molecular weight excluding hydrogens is 250 g/mol. The van der Waals surface area contributed by atoms with E-state index in [1.165, 1.54) is 19.3 Å². The van der Waals surface area contributed by atoms with E-state index in [1.54, 1.807) is 7.11 Å². The van der Waals surface area contributed by atoms with Gasteiger partial charge in [-0.25, -0.2) is 0 Å². The van der Waals surface area contributed by atoms with E-state index in [9.17, 15) is 0 Å². The lowest BCUT2D eigenvalue weighted by Crippen LogP contribution is -2.49. The molecule has 1 aliphatic rings. The van der Waals surface area contributed by atoms with Gasteiger partial charge in [-0.1, -0.05) is 26.2 Å². The topological polar surface area (TPSA) is 50.8 Å². The number of benzene rings is 1. The summed E-state index contributed by atoms with van der Waals surface area (Å²) in [5.74, 6) is 1.48. The zero-order valence-electron chi connectivity index (χ0n) is 12.7. The van der Waals surface area contributed by atoms with E-state index in [2.05, 4.69) is 23.7 Å². The number of nitrogens with two attached hydrogens (primary N) is 1. The lowest BCUT2D eigenvalue weighted by Gasteiger charge is -2.36. The van der Waals surface area contributed by atoms with Gasteiger partial charge in [-0.3, -0.25) is 4.99 Å². The van der Waals surface area contributed by atoms with E-state index in [-0.39, 0.29) is 5.54 Å². The predicted octanol–water partition coefficient (Wildman–Crippen LogP) is 3.17. The molecule has 0 aliphatic carbocycles. The fourth-order valence-electron chi connectivity index (χ4n) is 2.79. The number of nitrogens with zero attached hydrogens (tertiary/aromatic N) is 2. The van der Waals surface area contributed by atoms with Crippen LogP contribution in [0.25, 0.3) is 0 Å². The highest BCUT2D eigenvalue weighted by Crippen LogP contribution is 2.33. The van der Waals surface area contributed by atoms with E-state index in [0.29, 0.717) is 5.96 Å². The molecule has 1 unspecified atom stereocenters. The van der Waals surface area contributed by atoms with E-state index in [1.807, 2.05) is 24.3 Å². The van der Waals surface area contributed by atoms with Gasteiger partial charge in [0.05, 0.1) is 19.2 Å². The fraction of sp³-hybridized carbons (Fsp3) is 0.562. The Morgan fingerprint density at radius 3 is 2.60 bits per heavy atom. The van der Waals surface area contributed by atoms with Crippen LogP contribution in [-0.2, 0) is 0 Å². The first-order valence-electron chi connectivity index (χ1n) is 7.35. The molecule has 0 spiro atoms. The molecule has 0 amide bonds. The number of methoxy groups -OCH3 is 1. The molecule has 2 rings (SSSR count). The summed E-state index contributed by atoms with van der Waals surface area (Å²) in [4.78, 5) is 6.63. The molecule has 1 aromatic rings. The molecule has 0 bridgehead atoms. The number of hydrogen-bond acceptors (Lipinski definition) is 4. The van der Waals surface area contributed by atoms with Gasteiger partial charge in [-0.05, 0) is 37.6 Å². The van der Waals surface area contributed by atoms with Crippen LogP contribution in [-0.4, -0.2) is 25.2 Å². The third kappa shape index (κ3) is 2.89. The van der Waals surface area contributed by atoms with Crippen LogP contribution in [0.5, 0.6) is 5.75 Å². The first-order chi connectivity index (χ1) is 9.60. The molecule has 2 N–H and O–H groups in total. The maximum Gasteiger partial charge on any atom is 0.196 e. The Morgan fingerprint density at radius 1 is 1.30 bits per heavy atom. The van der Waals surface area contributed by atoms with Gasteiger partial charge in [0.25, 0.3) is 0 Å². The van der Waals surface area contributed by atoms with Crippen LogP contribution >= 0.6 is 0 Å². The molecule has 0 radical (unpaired) electrons. The van der Waals surface area contributed by atoms with Gasteiger partial charge in [0.2, 0.25) is 0 Å². The normalized spacial score (nSPS) is 21.9. The van der Waals surface area contributed by atoms with Crippen LogP contribution in [0.2, 0.25) is 0 Å². The van der Waals surface area contributed by atoms with E-state index < -0.39 is 0 Å². The molecule has 0 fully saturated rings. The highest BCUT2D eigenvalue weighted by atomic mass is 16.5. The molecule has 0 saturated heterocycles. The average Bonchev–Trinajstić information content (AvgIpc) is 2.75. The van der Waals surface area contributed by atoms with Crippen molar-refractivity contribution < 1.29 is 4.74 Å². The molecule has 20 heavy (non-hydrogen) atoms. The SMILES string of the molecule is CCCCCC1(C)CN=C(N)N1c1ccc(OC)cc1. The molecular formula is C16H25N3O. The third-order valence-electron chi connectivity index (χ3n) is 4.00. The van der Waals surface area contributed by atoms with Crippen LogP contribution in [0.1, 0.15) is 39.5 Å². The van der Waals surface area contributed by atoms with Crippen molar-refractivity contribution in [1.29, 1.82) is 0 Å². The molecule has 1 heterocycles. The molecule has 0 saturated carbocycles. The Morgan fingerprint density at radius 2 is 2.00 bits per heavy atom. The van der Waals surface area contributed by atoms with Crippen molar-refractivity contribution in [2.75, 3.05) is 18.6 Å². The van der Waals surface area contributed by atoms with Gasteiger partial charge >= 0.3 is 0 Å². The van der Waals surface area contributed by atoms with Gasteiger partial charge in [-0.2, -0.15) is 0 Å². The van der Waals surface area contributed by atoms with Crippen LogP contribution in [0.15, 0.2) is 29.3 Å². The van der Waals surface area contributed by atoms with Gasteiger partial charge in [0.15, 0.2) is 5.96 Å². The lowest BCUT2D eigenvalue weighted by atomic mass is 9.93. The van der Waals surface area contributed by atoms with Crippen LogP contribution < -0.4 is 15.4 Å². The summed E-state index contributed by atoms with van der Waals surface area (Å²) in [5.41, 5.74) is 7.19. The Balaban J connectivity index is 2.18. The summed E-state index contributed by atoms with van der Waals surface area (Å²) in [5, 5.41) is 0. The van der Waals surface area contributed by atoms with Crippen molar-refractivity contribution in [3.8, 4) is 5.75 Å². The number of unbranched alkanes of at least 4 members (excludes halogenated alkanes) is 2. The number of anilines is 1. The average molecular weight is 275 g/mol. The van der Waals surface area contributed by atoms with E-state index in [4.69, 9.17) is 10.5 Å². The Bertz CT molecular complexity index is 469. The molecule has 1 aliphatic heterocycles. The highest BCUT2D eigenvalue weighted by Gasteiger charge is 2.38. The van der Waals surface area contributed by atoms with Crippen molar-refractivity contribution in [2.24, 2.45) is 10.7 Å². The van der Waals surface area contributed by atoms with Crippen molar-refractivity contribution in [1.82, 2.24) is 0 Å². The number of aliphatic imine (C=N–C) groups is 1. The molecule has 1 atom stereocenters. The predicted molar refractivity (Wildman–Crippen MR) is 84.5 cm³/mol. The summed E-state index contributed by atoms with van der Waals surface area (Å²) >= 11 is 0. The quantitative estimate of drug-likeness (QED) is 0.811. The number of rotatable bonds is 6. The summed E-state index contributed by atoms with van der Waals surface area (Å²) in [7, 11) is 1.68. The molecule has 110 valence electrons. The van der Waals surface area contributed by atoms with Crippen LogP contribution in [0.4, 0.5) is 5.69 Å². The second-order valence-corrected chi connectivity index (χ2v) is 5.66. The summed E-state index contributed by atoms with van der Waals surface area (Å²) in [6.07, 6.45) is 4.81. The third-order valence-corrected chi connectivity index (χ3v) is 4.00. The standard InChI is InChI=1S/C16H25N3O/c1-4-5-6-11-16(2)12-18-15(17)19(16)13-7-9-14(20-3)10-8-13/h7-10H,4-6,11-12H2,1-3H3,(H2,17,18). The summed E-state index contributed by atoms with van der Waals surface area (Å²) in [6, 6.07) is 8.02. The van der Waals surface area contributed by atoms with Crippen LogP contribution in [0, 0.1) is 0 Å². The number of hydrogen-bond donors (Lipinski definition) is 1.